The Morgan fingerprint density at radius 3 is 2.55 bits per heavy atom. The van der Waals surface area contributed by atoms with Crippen molar-refractivity contribution in [3.8, 4) is 0 Å². The average molecular weight is 310 g/mol. The average Bonchev–Trinajstić information content (AvgIpc) is 2.52. The highest BCUT2D eigenvalue weighted by Gasteiger charge is 2.62. The first kappa shape index (κ1) is 17.7. The maximum atomic E-state index is 12.5. The van der Waals surface area contributed by atoms with Gasteiger partial charge in [0.2, 0.25) is 5.91 Å². The second-order valence-corrected chi connectivity index (χ2v) is 7.74. The van der Waals surface area contributed by atoms with E-state index in [4.69, 9.17) is 10.5 Å². The van der Waals surface area contributed by atoms with Gasteiger partial charge >= 0.3 is 0 Å². The van der Waals surface area contributed by atoms with Crippen molar-refractivity contribution in [2.45, 2.75) is 83.8 Å². The summed E-state index contributed by atoms with van der Waals surface area (Å²) >= 11 is 0. The highest BCUT2D eigenvalue weighted by Crippen LogP contribution is 2.49. The third-order valence-electron chi connectivity index (χ3n) is 6.03. The quantitative estimate of drug-likeness (QED) is 0.711. The topological polar surface area (TPSA) is 64.3 Å². The Hall–Kier alpha value is -0.610. The van der Waals surface area contributed by atoms with Gasteiger partial charge in [0, 0.05) is 25.0 Å². The lowest BCUT2D eigenvalue weighted by Gasteiger charge is -2.57. The van der Waals surface area contributed by atoms with Crippen molar-refractivity contribution < 1.29 is 9.53 Å². The van der Waals surface area contributed by atoms with Crippen molar-refractivity contribution >= 4 is 5.91 Å². The number of nitrogens with two attached hydrogens (primary N) is 1. The van der Waals surface area contributed by atoms with Crippen molar-refractivity contribution in [1.82, 2.24) is 5.32 Å². The van der Waals surface area contributed by atoms with Crippen molar-refractivity contribution in [2.75, 3.05) is 13.2 Å². The molecule has 0 aromatic rings. The van der Waals surface area contributed by atoms with Crippen LogP contribution < -0.4 is 11.1 Å². The van der Waals surface area contributed by atoms with E-state index in [0.29, 0.717) is 13.0 Å². The van der Waals surface area contributed by atoms with E-state index in [1.54, 1.807) is 0 Å². The Kier molecular flexibility index (Phi) is 5.89. The largest absolute Gasteiger partial charge is 0.378 e. The molecule has 0 spiro atoms. The predicted octanol–water partition coefficient (Wildman–Crippen LogP) is 3.00. The SMILES string of the molecule is CCOC1CC(N)(C(=O)NCCCC2CCCCC2)C1(C)C. The molecule has 0 bridgehead atoms. The first-order valence-corrected chi connectivity index (χ1v) is 9.10. The Morgan fingerprint density at radius 1 is 1.27 bits per heavy atom. The van der Waals surface area contributed by atoms with Crippen LogP contribution in [-0.4, -0.2) is 30.7 Å². The number of rotatable bonds is 7. The second-order valence-electron chi connectivity index (χ2n) is 7.74. The fraction of sp³-hybridized carbons (Fsp3) is 0.944. The highest BCUT2D eigenvalue weighted by molar-refractivity contribution is 5.88. The molecule has 0 radical (unpaired) electrons. The van der Waals surface area contributed by atoms with Crippen molar-refractivity contribution in [1.29, 1.82) is 0 Å². The van der Waals surface area contributed by atoms with Gasteiger partial charge in [-0.25, -0.2) is 0 Å². The van der Waals surface area contributed by atoms with Crippen LogP contribution in [0.15, 0.2) is 0 Å². The van der Waals surface area contributed by atoms with E-state index < -0.39 is 5.54 Å². The van der Waals surface area contributed by atoms with Gasteiger partial charge in [-0.1, -0.05) is 46.0 Å². The Morgan fingerprint density at radius 2 is 1.95 bits per heavy atom. The first-order valence-electron chi connectivity index (χ1n) is 9.10. The van der Waals surface area contributed by atoms with Crippen LogP contribution in [0.3, 0.4) is 0 Å². The van der Waals surface area contributed by atoms with Crippen LogP contribution in [0.1, 0.15) is 72.1 Å². The lowest BCUT2D eigenvalue weighted by molar-refractivity contribution is -0.170. The van der Waals surface area contributed by atoms with Gasteiger partial charge in [0.15, 0.2) is 0 Å². The fourth-order valence-corrected chi connectivity index (χ4v) is 4.05. The number of carbonyl (C=O) groups excluding carboxylic acids is 1. The molecule has 2 unspecified atom stereocenters. The Balaban J connectivity index is 1.70. The number of carbonyl (C=O) groups is 1. The molecule has 4 heteroatoms. The zero-order valence-corrected chi connectivity index (χ0v) is 14.6. The fourth-order valence-electron chi connectivity index (χ4n) is 4.05. The maximum Gasteiger partial charge on any atom is 0.240 e. The van der Waals surface area contributed by atoms with Gasteiger partial charge in [-0.05, 0) is 25.7 Å². The summed E-state index contributed by atoms with van der Waals surface area (Å²) in [6.07, 6.45) is 9.95. The summed E-state index contributed by atoms with van der Waals surface area (Å²) in [4.78, 5) is 12.5. The van der Waals surface area contributed by atoms with Crippen LogP contribution in [0.2, 0.25) is 0 Å². The van der Waals surface area contributed by atoms with Crippen LogP contribution in [0.25, 0.3) is 0 Å². The summed E-state index contributed by atoms with van der Waals surface area (Å²) in [7, 11) is 0. The number of amides is 1. The lowest BCUT2D eigenvalue weighted by atomic mass is 9.54. The predicted molar refractivity (Wildman–Crippen MR) is 89.5 cm³/mol. The molecule has 0 aromatic heterocycles. The molecule has 2 atom stereocenters. The second kappa shape index (κ2) is 7.31. The molecular formula is C18H34N2O2. The van der Waals surface area contributed by atoms with Gasteiger partial charge in [-0.15, -0.1) is 0 Å². The zero-order valence-electron chi connectivity index (χ0n) is 14.6. The number of ether oxygens (including phenoxy) is 1. The molecule has 2 fully saturated rings. The van der Waals surface area contributed by atoms with E-state index in [1.807, 2.05) is 20.8 Å². The smallest absolute Gasteiger partial charge is 0.240 e. The standard InChI is InChI=1S/C18H34N2O2/c1-4-22-15-13-18(19,17(15,2)3)16(21)20-12-8-11-14-9-6-5-7-10-14/h14-15H,4-13,19H2,1-3H3,(H,20,21). The Labute approximate surface area is 135 Å². The normalized spacial score (nSPS) is 31.5. The molecule has 0 heterocycles. The molecule has 0 aromatic carbocycles. The summed E-state index contributed by atoms with van der Waals surface area (Å²) in [6, 6.07) is 0. The van der Waals surface area contributed by atoms with E-state index in [-0.39, 0.29) is 17.4 Å². The minimum absolute atomic E-state index is 0.00269. The van der Waals surface area contributed by atoms with Gasteiger partial charge in [-0.2, -0.15) is 0 Å². The zero-order chi connectivity index (χ0) is 16.2. The number of hydrogen-bond acceptors (Lipinski definition) is 3. The molecule has 2 saturated carbocycles. The monoisotopic (exact) mass is 310 g/mol. The lowest BCUT2D eigenvalue weighted by Crippen LogP contribution is -2.75. The van der Waals surface area contributed by atoms with Gasteiger partial charge in [0.25, 0.3) is 0 Å². The van der Waals surface area contributed by atoms with Crippen LogP contribution in [0.4, 0.5) is 0 Å². The molecule has 3 N–H and O–H groups in total. The summed E-state index contributed by atoms with van der Waals surface area (Å²) < 4.78 is 5.68. The third kappa shape index (κ3) is 3.48. The molecule has 2 aliphatic rings. The van der Waals surface area contributed by atoms with Gasteiger partial charge < -0.3 is 15.8 Å². The third-order valence-corrected chi connectivity index (χ3v) is 6.03. The molecule has 4 nitrogen and oxygen atoms in total. The molecule has 22 heavy (non-hydrogen) atoms. The van der Waals surface area contributed by atoms with Crippen LogP contribution in [0, 0.1) is 11.3 Å². The molecule has 1 amide bonds. The molecule has 128 valence electrons. The van der Waals surface area contributed by atoms with E-state index in [0.717, 1.165) is 18.9 Å². The molecule has 0 aliphatic heterocycles. The van der Waals surface area contributed by atoms with Gasteiger partial charge in [0.1, 0.15) is 5.54 Å². The number of nitrogens with one attached hydrogen (secondary N) is 1. The Bertz CT molecular complexity index is 377. The van der Waals surface area contributed by atoms with E-state index >= 15 is 0 Å². The van der Waals surface area contributed by atoms with E-state index in [9.17, 15) is 4.79 Å². The number of hydrogen-bond donors (Lipinski definition) is 2. The minimum atomic E-state index is -0.780. The van der Waals surface area contributed by atoms with Crippen molar-refractivity contribution in [3.05, 3.63) is 0 Å². The van der Waals surface area contributed by atoms with Crippen LogP contribution in [-0.2, 0) is 9.53 Å². The molecule has 2 rings (SSSR count). The van der Waals surface area contributed by atoms with Crippen molar-refractivity contribution in [3.63, 3.8) is 0 Å². The maximum absolute atomic E-state index is 12.5. The summed E-state index contributed by atoms with van der Waals surface area (Å²) in [5.74, 6) is 0.872. The van der Waals surface area contributed by atoms with Gasteiger partial charge in [-0.3, -0.25) is 4.79 Å². The van der Waals surface area contributed by atoms with E-state index in [1.165, 1.54) is 38.5 Å². The summed E-state index contributed by atoms with van der Waals surface area (Å²) in [5.41, 5.74) is 5.30. The summed E-state index contributed by atoms with van der Waals surface area (Å²) in [6.45, 7) is 7.49. The highest BCUT2D eigenvalue weighted by atomic mass is 16.5. The molecule has 0 saturated heterocycles. The molecular weight excluding hydrogens is 276 g/mol. The van der Waals surface area contributed by atoms with Crippen molar-refractivity contribution in [2.24, 2.45) is 17.1 Å². The molecule has 2 aliphatic carbocycles. The van der Waals surface area contributed by atoms with Crippen LogP contribution in [0.5, 0.6) is 0 Å². The summed E-state index contributed by atoms with van der Waals surface area (Å²) in [5, 5.41) is 3.06. The van der Waals surface area contributed by atoms with Gasteiger partial charge in [0.05, 0.1) is 6.10 Å². The van der Waals surface area contributed by atoms with E-state index in [2.05, 4.69) is 5.32 Å². The minimum Gasteiger partial charge on any atom is -0.378 e. The van der Waals surface area contributed by atoms with Crippen LogP contribution >= 0.6 is 0 Å². The first-order chi connectivity index (χ1) is 10.4.